The van der Waals surface area contributed by atoms with E-state index >= 15 is 0 Å². The number of methoxy groups -OCH3 is 1. The molecule has 1 aromatic carbocycles. The second kappa shape index (κ2) is 7.51. The fourth-order valence-electron chi connectivity index (χ4n) is 1.71. The fourth-order valence-corrected chi connectivity index (χ4v) is 1.95. The Morgan fingerprint density at radius 3 is 2.59 bits per heavy atom. The van der Waals surface area contributed by atoms with Crippen molar-refractivity contribution in [3.8, 4) is 11.5 Å². The first-order valence-corrected chi connectivity index (χ1v) is 6.94. The van der Waals surface area contributed by atoms with Crippen LogP contribution in [0.4, 0.5) is 5.82 Å². The highest BCUT2D eigenvalue weighted by molar-refractivity contribution is 6.33. The van der Waals surface area contributed by atoms with E-state index in [0.717, 1.165) is 11.5 Å². The molecule has 0 unspecified atom stereocenters. The summed E-state index contributed by atoms with van der Waals surface area (Å²) in [5.41, 5.74) is 5.42. The lowest BCUT2D eigenvalue weighted by Crippen LogP contribution is -2.14. The molecule has 0 saturated heterocycles. The van der Waals surface area contributed by atoms with E-state index in [1.165, 1.54) is 12.3 Å². The van der Waals surface area contributed by atoms with Crippen LogP contribution in [0.1, 0.15) is 10.4 Å². The number of nitrogens with two attached hydrogens (primary N) is 1. The van der Waals surface area contributed by atoms with Crippen LogP contribution in [0.3, 0.4) is 0 Å². The van der Waals surface area contributed by atoms with E-state index in [-0.39, 0.29) is 5.56 Å². The van der Waals surface area contributed by atoms with Gasteiger partial charge in [0.25, 0.3) is 0 Å². The van der Waals surface area contributed by atoms with Gasteiger partial charge in [-0.3, -0.25) is 4.79 Å². The predicted octanol–water partition coefficient (Wildman–Crippen LogP) is 2.33. The summed E-state index contributed by atoms with van der Waals surface area (Å²) in [6.07, 6.45) is 1.38. The SMILES string of the molecule is COc1ccc(OCCNc2ncc(C(N)=O)cc2Cl)cc1. The molecule has 0 aliphatic heterocycles. The highest BCUT2D eigenvalue weighted by Gasteiger charge is 2.06. The van der Waals surface area contributed by atoms with Gasteiger partial charge < -0.3 is 20.5 Å². The molecule has 0 radical (unpaired) electrons. The number of ether oxygens (including phenoxy) is 2. The van der Waals surface area contributed by atoms with Crippen LogP contribution in [0.15, 0.2) is 36.5 Å². The number of carbonyl (C=O) groups excluding carboxylic acids is 1. The van der Waals surface area contributed by atoms with Crippen molar-refractivity contribution in [1.29, 1.82) is 0 Å². The lowest BCUT2D eigenvalue weighted by molar-refractivity contribution is 0.1000. The van der Waals surface area contributed by atoms with Crippen LogP contribution in [0.2, 0.25) is 5.02 Å². The van der Waals surface area contributed by atoms with Gasteiger partial charge in [-0.1, -0.05) is 11.6 Å². The minimum atomic E-state index is -0.566. The summed E-state index contributed by atoms with van der Waals surface area (Å²) < 4.78 is 10.6. The lowest BCUT2D eigenvalue weighted by Gasteiger charge is -2.10. The Balaban J connectivity index is 1.82. The Kier molecular flexibility index (Phi) is 5.43. The molecule has 2 rings (SSSR count). The van der Waals surface area contributed by atoms with E-state index in [2.05, 4.69) is 10.3 Å². The van der Waals surface area contributed by atoms with Gasteiger partial charge in [0, 0.05) is 6.20 Å². The molecule has 0 saturated carbocycles. The second-order valence-electron chi connectivity index (χ2n) is 4.37. The number of amides is 1. The summed E-state index contributed by atoms with van der Waals surface area (Å²) in [6.45, 7) is 0.941. The minimum absolute atomic E-state index is 0.269. The van der Waals surface area contributed by atoms with Crippen LogP contribution in [0, 0.1) is 0 Å². The van der Waals surface area contributed by atoms with Crippen LogP contribution in [-0.4, -0.2) is 31.2 Å². The van der Waals surface area contributed by atoms with Crippen molar-refractivity contribution >= 4 is 23.3 Å². The maximum absolute atomic E-state index is 11.0. The Morgan fingerprint density at radius 2 is 2.00 bits per heavy atom. The number of hydrogen-bond acceptors (Lipinski definition) is 5. The monoisotopic (exact) mass is 321 g/mol. The molecule has 22 heavy (non-hydrogen) atoms. The molecule has 1 aromatic heterocycles. The summed E-state index contributed by atoms with van der Waals surface area (Å²) in [5.74, 6) is 1.43. The van der Waals surface area contributed by atoms with Crippen LogP contribution in [0.25, 0.3) is 0 Å². The van der Waals surface area contributed by atoms with E-state index in [9.17, 15) is 4.79 Å². The van der Waals surface area contributed by atoms with E-state index in [1.54, 1.807) is 7.11 Å². The number of hydrogen-bond donors (Lipinski definition) is 2. The van der Waals surface area contributed by atoms with Gasteiger partial charge in [0.15, 0.2) is 0 Å². The van der Waals surface area contributed by atoms with Crippen molar-refractivity contribution in [2.24, 2.45) is 5.73 Å². The zero-order valence-corrected chi connectivity index (χ0v) is 12.8. The molecule has 1 amide bonds. The lowest BCUT2D eigenvalue weighted by atomic mass is 10.3. The number of benzene rings is 1. The smallest absolute Gasteiger partial charge is 0.250 e. The molecule has 0 spiro atoms. The fraction of sp³-hybridized carbons (Fsp3) is 0.200. The number of rotatable bonds is 7. The zero-order chi connectivity index (χ0) is 15.9. The number of anilines is 1. The summed E-state index contributed by atoms with van der Waals surface area (Å²) >= 11 is 6.02. The standard InChI is InChI=1S/C15H16ClN3O3/c1-21-11-2-4-12(5-3-11)22-7-6-18-15-13(16)8-10(9-19-15)14(17)20/h2-5,8-9H,6-7H2,1H3,(H2,17,20)(H,18,19). The van der Waals surface area contributed by atoms with Crippen molar-refractivity contribution in [3.05, 3.63) is 47.1 Å². The van der Waals surface area contributed by atoms with Crippen molar-refractivity contribution in [1.82, 2.24) is 4.98 Å². The molecule has 2 aromatic rings. The molecule has 0 atom stereocenters. The first kappa shape index (κ1) is 15.9. The largest absolute Gasteiger partial charge is 0.497 e. The van der Waals surface area contributed by atoms with Gasteiger partial charge in [-0.25, -0.2) is 4.98 Å². The predicted molar refractivity (Wildman–Crippen MR) is 84.7 cm³/mol. The number of nitrogens with one attached hydrogen (secondary N) is 1. The third-order valence-electron chi connectivity index (χ3n) is 2.85. The number of primary amides is 1. The topological polar surface area (TPSA) is 86.5 Å². The number of nitrogens with zero attached hydrogens (tertiary/aromatic N) is 1. The summed E-state index contributed by atoms with van der Waals surface area (Å²) in [7, 11) is 1.61. The number of carbonyl (C=O) groups is 1. The van der Waals surface area contributed by atoms with Gasteiger partial charge in [-0.05, 0) is 30.3 Å². The van der Waals surface area contributed by atoms with Crippen LogP contribution in [0.5, 0.6) is 11.5 Å². The van der Waals surface area contributed by atoms with Gasteiger partial charge in [0.05, 0.1) is 24.2 Å². The molecular formula is C15H16ClN3O3. The van der Waals surface area contributed by atoms with Gasteiger partial charge in [-0.2, -0.15) is 0 Å². The molecule has 6 nitrogen and oxygen atoms in total. The van der Waals surface area contributed by atoms with E-state index in [4.69, 9.17) is 26.8 Å². The molecule has 0 aliphatic carbocycles. The first-order chi connectivity index (χ1) is 10.6. The average molecular weight is 322 g/mol. The minimum Gasteiger partial charge on any atom is -0.497 e. The van der Waals surface area contributed by atoms with Crippen molar-refractivity contribution in [2.75, 3.05) is 25.6 Å². The number of pyridine rings is 1. The Bertz CT molecular complexity index is 647. The van der Waals surface area contributed by atoms with E-state index in [0.29, 0.717) is 24.0 Å². The van der Waals surface area contributed by atoms with Gasteiger partial charge in [0.1, 0.15) is 23.9 Å². The van der Waals surface area contributed by atoms with Crippen molar-refractivity contribution in [2.45, 2.75) is 0 Å². The second-order valence-corrected chi connectivity index (χ2v) is 4.78. The molecule has 1 heterocycles. The van der Waals surface area contributed by atoms with Crippen molar-refractivity contribution < 1.29 is 14.3 Å². The van der Waals surface area contributed by atoms with Gasteiger partial charge in [-0.15, -0.1) is 0 Å². The molecule has 116 valence electrons. The summed E-state index contributed by atoms with van der Waals surface area (Å²) in [5, 5.41) is 3.36. The van der Waals surface area contributed by atoms with Crippen LogP contribution in [-0.2, 0) is 0 Å². The molecule has 7 heteroatoms. The quantitative estimate of drug-likeness (QED) is 0.764. The van der Waals surface area contributed by atoms with Crippen molar-refractivity contribution in [3.63, 3.8) is 0 Å². The molecule has 0 fully saturated rings. The Hall–Kier alpha value is -2.47. The van der Waals surface area contributed by atoms with Gasteiger partial charge >= 0.3 is 0 Å². The van der Waals surface area contributed by atoms with Gasteiger partial charge in [0.2, 0.25) is 5.91 Å². The first-order valence-electron chi connectivity index (χ1n) is 6.56. The summed E-state index contributed by atoms with van der Waals surface area (Å²) in [6, 6.07) is 8.77. The maximum atomic E-state index is 11.0. The molecular weight excluding hydrogens is 306 g/mol. The number of aromatic nitrogens is 1. The van der Waals surface area contributed by atoms with E-state index < -0.39 is 5.91 Å². The molecule has 0 aliphatic rings. The third-order valence-corrected chi connectivity index (χ3v) is 3.14. The summed E-state index contributed by atoms with van der Waals surface area (Å²) in [4.78, 5) is 15.1. The normalized spacial score (nSPS) is 10.1. The zero-order valence-electron chi connectivity index (χ0n) is 12.0. The number of halogens is 1. The molecule has 3 N–H and O–H groups in total. The van der Waals surface area contributed by atoms with Crippen LogP contribution < -0.4 is 20.5 Å². The van der Waals surface area contributed by atoms with E-state index in [1.807, 2.05) is 24.3 Å². The average Bonchev–Trinajstić information content (AvgIpc) is 2.53. The Labute approximate surface area is 133 Å². The molecule has 0 bridgehead atoms. The highest BCUT2D eigenvalue weighted by atomic mass is 35.5. The highest BCUT2D eigenvalue weighted by Crippen LogP contribution is 2.20. The van der Waals surface area contributed by atoms with Crippen LogP contribution >= 0.6 is 11.6 Å². The third kappa shape index (κ3) is 4.26. The Morgan fingerprint density at radius 1 is 1.32 bits per heavy atom. The maximum Gasteiger partial charge on any atom is 0.250 e.